The number of anilines is 3. The summed E-state index contributed by atoms with van der Waals surface area (Å²) in [5, 5.41) is 19.2. The second-order valence-electron chi connectivity index (χ2n) is 15.2. The van der Waals surface area contributed by atoms with E-state index in [9.17, 15) is 14.7 Å². The minimum Gasteiger partial charge on any atom is -0.497 e. The number of β-lactam (4-membered cyclic amide) rings is 2. The number of nitrogens with zero attached hydrogens (tertiary/aromatic N) is 6. The fourth-order valence-corrected chi connectivity index (χ4v) is 13.1. The Hall–Kier alpha value is -4.85. The Bertz CT molecular complexity index is 2070. The van der Waals surface area contributed by atoms with E-state index in [1.54, 1.807) is 21.6 Å². The summed E-state index contributed by atoms with van der Waals surface area (Å²) in [4.78, 5) is 45.7. The second kappa shape index (κ2) is 13.5. The molecular weight excluding hydrogens is 689 g/mol. The van der Waals surface area contributed by atoms with Gasteiger partial charge < -0.3 is 29.3 Å². The molecule has 8 rings (SSSR count). The highest BCUT2D eigenvalue weighted by Gasteiger charge is 2.66. The zero-order valence-corrected chi connectivity index (χ0v) is 31.7. The van der Waals surface area contributed by atoms with Gasteiger partial charge in [-0.2, -0.15) is 0 Å². The number of benzene rings is 3. The largest absolute Gasteiger partial charge is 0.497 e. The molecule has 5 heterocycles. The number of aliphatic hydroxyl groups excluding tert-OH is 1. The maximum absolute atomic E-state index is 15.4. The molecule has 0 saturated carbocycles. The summed E-state index contributed by atoms with van der Waals surface area (Å²) in [5.41, 5.74) is 3.53. The zero-order valence-electron chi connectivity index (χ0n) is 30.7. The Morgan fingerprint density at radius 2 is 1.68 bits per heavy atom. The number of aryl methyl sites for hydroxylation is 1. The SMILES string of the molecule is COc1ccc([Si](C)(C)[C@H]2[C@H](CCn3cc(CCO)nn3)O[C@@]3(C(=O)N(Cc4cccc(N5CCC5=O)c4)c4ccc(N5CCC5=O)cc43)[C@@H]2C)cc1. The van der Waals surface area contributed by atoms with E-state index in [4.69, 9.17) is 9.47 Å². The number of hydrogen-bond donors (Lipinski definition) is 1. The number of aromatic nitrogens is 3. The predicted molar refractivity (Wildman–Crippen MR) is 203 cm³/mol. The van der Waals surface area contributed by atoms with Crippen molar-refractivity contribution in [2.24, 2.45) is 5.92 Å². The standard InChI is InChI=1S/C40H46N6O6Si/c1-26-38(53(3,4)32-11-9-31(51-2)10-12-32)35(14-18-43-25-28(17-21-47)41-42-43)52-40(26)33-23-30(45-20-16-37(45)49)8-13-34(33)46(39(40)50)24-27-6-5-7-29(22-27)44-19-15-36(44)48/h5-13,22-23,25-26,35,38,47H,14-21,24H2,1-4H3/t26-,35+,38-,40+/m1/s1. The molecule has 1 aromatic heterocycles. The molecule has 3 amide bonds. The summed E-state index contributed by atoms with van der Waals surface area (Å²) in [5.74, 6) is 0.616. The van der Waals surface area contributed by atoms with E-state index in [-0.39, 0.29) is 41.9 Å². The topological polar surface area (TPSA) is 130 Å². The van der Waals surface area contributed by atoms with Crippen LogP contribution in [0.2, 0.25) is 18.6 Å². The Morgan fingerprint density at radius 3 is 2.32 bits per heavy atom. The van der Waals surface area contributed by atoms with Crippen LogP contribution in [0.1, 0.15) is 43.0 Å². The third-order valence-corrected chi connectivity index (χ3v) is 16.4. The second-order valence-corrected chi connectivity index (χ2v) is 19.9. The fourth-order valence-electron chi connectivity index (χ4n) is 9.01. The van der Waals surface area contributed by atoms with Gasteiger partial charge in [0.1, 0.15) is 5.75 Å². The van der Waals surface area contributed by atoms with E-state index in [2.05, 4.69) is 42.5 Å². The fraction of sp³-hybridized carbons (Fsp3) is 0.425. The number of methoxy groups -OCH3 is 1. The van der Waals surface area contributed by atoms with Crippen LogP contribution in [0.25, 0.3) is 0 Å². The van der Waals surface area contributed by atoms with E-state index in [1.807, 2.05) is 65.7 Å². The van der Waals surface area contributed by atoms with Crippen molar-refractivity contribution in [3.05, 3.63) is 89.7 Å². The lowest BCUT2D eigenvalue weighted by atomic mass is 9.82. The van der Waals surface area contributed by atoms with Crippen LogP contribution in [0, 0.1) is 5.92 Å². The number of hydrogen-bond acceptors (Lipinski definition) is 8. The number of rotatable bonds is 12. The maximum atomic E-state index is 15.4. The van der Waals surface area contributed by atoms with E-state index in [0.717, 1.165) is 39.6 Å². The van der Waals surface area contributed by atoms with Crippen molar-refractivity contribution in [1.29, 1.82) is 0 Å². The highest BCUT2D eigenvalue weighted by Crippen LogP contribution is 2.60. The lowest BCUT2D eigenvalue weighted by Gasteiger charge is -2.37. The van der Waals surface area contributed by atoms with Crippen molar-refractivity contribution in [3.63, 3.8) is 0 Å². The molecule has 276 valence electrons. The number of carbonyl (C=O) groups is 3. The van der Waals surface area contributed by atoms with Gasteiger partial charge in [0.2, 0.25) is 11.8 Å². The van der Waals surface area contributed by atoms with Gasteiger partial charge in [-0.15, -0.1) is 5.10 Å². The quantitative estimate of drug-likeness (QED) is 0.170. The normalized spacial score (nSPS) is 23.8. The van der Waals surface area contributed by atoms with Gasteiger partial charge in [-0.05, 0) is 60.0 Å². The molecule has 13 heteroatoms. The lowest BCUT2D eigenvalue weighted by Crippen LogP contribution is -2.51. The average Bonchev–Trinajstić information content (AvgIpc) is 3.79. The molecule has 0 aliphatic carbocycles. The number of carbonyl (C=O) groups excluding carboxylic acids is 3. The van der Waals surface area contributed by atoms with Crippen LogP contribution >= 0.6 is 0 Å². The number of fused-ring (bicyclic) bond motifs is 2. The van der Waals surface area contributed by atoms with Crippen molar-refractivity contribution in [3.8, 4) is 5.75 Å². The number of amides is 3. The molecule has 12 nitrogen and oxygen atoms in total. The van der Waals surface area contributed by atoms with Crippen molar-refractivity contribution in [1.82, 2.24) is 15.0 Å². The molecule has 3 saturated heterocycles. The minimum absolute atomic E-state index is 0.00209. The Kier molecular flexibility index (Phi) is 8.98. The van der Waals surface area contributed by atoms with Gasteiger partial charge in [-0.1, -0.05) is 54.7 Å². The summed E-state index contributed by atoms with van der Waals surface area (Å²) >= 11 is 0. The molecule has 3 fully saturated rings. The van der Waals surface area contributed by atoms with Crippen LogP contribution < -0.4 is 24.6 Å². The third-order valence-electron chi connectivity index (χ3n) is 12.0. The maximum Gasteiger partial charge on any atom is 0.264 e. The summed E-state index contributed by atoms with van der Waals surface area (Å²) in [6.07, 6.45) is 3.64. The van der Waals surface area contributed by atoms with Crippen LogP contribution in [0.4, 0.5) is 17.1 Å². The van der Waals surface area contributed by atoms with Gasteiger partial charge in [-0.3, -0.25) is 19.1 Å². The monoisotopic (exact) mass is 734 g/mol. The molecule has 3 aromatic carbocycles. The van der Waals surface area contributed by atoms with E-state index >= 15 is 4.79 Å². The van der Waals surface area contributed by atoms with E-state index in [1.165, 1.54) is 5.19 Å². The number of ether oxygens (including phenoxy) is 2. The third kappa shape index (κ3) is 5.85. The Morgan fingerprint density at radius 1 is 0.962 bits per heavy atom. The highest BCUT2D eigenvalue weighted by atomic mass is 28.3. The molecule has 4 aliphatic heterocycles. The number of aliphatic hydroxyl groups is 1. The van der Waals surface area contributed by atoms with Gasteiger partial charge in [0.05, 0.1) is 39.2 Å². The molecule has 1 spiro atoms. The van der Waals surface area contributed by atoms with Crippen LogP contribution in [0.3, 0.4) is 0 Å². The molecule has 4 aliphatic rings. The Labute approximate surface area is 310 Å². The molecule has 0 bridgehead atoms. The summed E-state index contributed by atoms with van der Waals surface area (Å²) in [7, 11) is -0.728. The van der Waals surface area contributed by atoms with Crippen molar-refractivity contribution < 1.29 is 29.0 Å². The first-order valence-corrected chi connectivity index (χ1v) is 21.6. The van der Waals surface area contributed by atoms with Gasteiger partial charge in [-0.25, -0.2) is 0 Å². The molecule has 1 N–H and O–H groups in total. The molecule has 0 radical (unpaired) electrons. The van der Waals surface area contributed by atoms with Gasteiger partial charge in [0.15, 0.2) is 5.60 Å². The van der Waals surface area contributed by atoms with E-state index in [0.29, 0.717) is 51.9 Å². The zero-order chi connectivity index (χ0) is 37.1. The van der Waals surface area contributed by atoms with Gasteiger partial charge >= 0.3 is 0 Å². The van der Waals surface area contributed by atoms with Crippen molar-refractivity contribution in [2.45, 2.75) is 76.0 Å². The molecule has 0 unspecified atom stereocenters. The smallest absolute Gasteiger partial charge is 0.264 e. The molecule has 4 aromatic rings. The van der Waals surface area contributed by atoms with Crippen molar-refractivity contribution in [2.75, 3.05) is 41.5 Å². The van der Waals surface area contributed by atoms with E-state index < -0.39 is 13.7 Å². The first-order valence-electron chi connectivity index (χ1n) is 18.5. The Balaban J connectivity index is 1.21. The van der Waals surface area contributed by atoms with Gasteiger partial charge in [0.25, 0.3) is 5.91 Å². The molecular formula is C40H46N6O6Si. The average molecular weight is 735 g/mol. The minimum atomic E-state index is -2.39. The highest BCUT2D eigenvalue weighted by molar-refractivity contribution is 6.91. The van der Waals surface area contributed by atoms with Gasteiger partial charge in [0, 0.05) is 74.6 Å². The summed E-state index contributed by atoms with van der Waals surface area (Å²) in [6.45, 7) is 9.05. The predicted octanol–water partition coefficient (Wildman–Crippen LogP) is 4.15. The van der Waals surface area contributed by atoms with Crippen LogP contribution in [-0.2, 0) is 44.2 Å². The van der Waals surface area contributed by atoms with Crippen LogP contribution in [0.5, 0.6) is 5.75 Å². The van der Waals surface area contributed by atoms with Crippen molar-refractivity contribution >= 4 is 48.0 Å². The van der Waals surface area contributed by atoms with Crippen LogP contribution in [-0.4, -0.2) is 78.8 Å². The summed E-state index contributed by atoms with van der Waals surface area (Å²) in [6, 6.07) is 22.1. The lowest BCUT2D eigenvalue weighted by molar-refractivity contribution is -0.146. The summed E-state index contributed by atoms with van der Waals surface area (Å²) < 4.78 is 14.6. The first-order chi connectivity index (χ1) is 25.5. The van der Waals surface area contributed by atoms with Crippen LogP contribution in [0.15, 0.2) is 72.9 Å². The molecule has 53 heavy (non-hydrogen) atoms. The molecule has 4 atom stereocenters. The first kappa shape index (κ1) is 35.2.